The SMILES string of the molecule is Cc1cc(C(C)(C)C)cc(C=Nc2ccc(CN(C)C3C(C)C3N(C3CCCCC3)C3CCCCC3)cc2N=Cc2cc(C(C)(C)C)cc(C)c2O)c1O.[Cl-]. The quantitative estimate of drug-likeness (QED) is 0.203. The first-order valence-electron chi connectivity index (χ1n) is 20.9. The van der Waals surface area contributed by atoms with Crippen LogP contribution in [0, 0.1) is 19.8 Å². The van der Waals surface area contributed by atoms with Gasteiger partial charge in [0.2, 0.25) is 0 Å². The summed E-state index contributed by atoms with van der Waals surface area (Å²) in [7, 11) is 2.31. The minimum Gasteiger partial charge on any atom is -1.00 e. The van der Waals surface area contributed by atoms with Crippen LogP contribution >= 0.6 is 0 Å². The van der Waals surface area contributed by atoms with Crippen LogP contribution in [0.3, 0.4) is 0 Å². The summed E-state index contributed by atoms with van der Waals surface area (Å²) in [5.41, 5.74) is 7.90. The molecule has 0 heterocycles. The number of phenols is 2. The molecule has 3 saturated carbocycles. The third-order valence-electron chi connectivity index (χ3n) is 12.7. The highest BCUT2D eigenvalue weighted by molar-refractivity contribution is 5.90. The number of benzene rings is 3. The van der Waals surface area contributed by atoms with Gasteiger partial charge in [-0.05, 0) is 115 Å². The van der Waals surface area contributed by atoms with Crippen LogP contribution in [0.25, 0.3) is 0 Å². The van der Waals surface area contributed by atoms with E-state index in [0.29, 0.717) is 29.1 Å². The lowest BCUT2D eigenvalue weighted by Gasteiger charge is -2.43. The van der Waals surface area contributed by atoms with Gasteiger partial charge in [-0.15, -0.1) is 0 Å². The molecule has 0 saturated heterocycles. The van der Waals surface area contributed by atoms with Crippen LogP contribution in [-0.4, -0.2) is 63.7 Å². The van der Waals surface area contributed by atoms with Crippen molar-refractivity contribution in [2.75, 3.05) is 7.05 Å². The number of hydrogen-bond donors (Lipinski definition) is 2. The maximum Gasteiger partial charge on any atom is 0.127 e. The van der Waals surface area contributed by atoms with Gasteiger partial charge in [0.25, 0.3) is 0 Å². The third kappa shape index (κ3) is 10.0. The molecule has 3 aliphatic rings. The number of aryl methyl sites for hydroxylation is 2. The smallest absolute Gasteiger partial charge is 0.127 e. The Balaban J connectivity index is 0.00000580. The minimum atomic E-state index is -0.0654. The lowest BCUT2D eigenvalue weighted by atomic mass is 9.85. The molecule has 6 nitrogen and oxygen atoms in total. The van der Waals surface area contributed by atoms with E-state index in [0.717, 1.165) is 52.3 Å². The van der Waals surface area contributed by atoms with E-state index in [2.05, 4.69) is 95.6 Å². The summed E-state index contributed by atoms with van der Waals surface area (Å²) in [6.45, 7) is 20.3. The molecule has 3 aliphatic carbocycles. The van der Waals surface area contributed by atoms with Crippen LogP contribution in [0.4, 0.5) is 11.4 Å². The van der Waals surface area contributed by atoms with Gasteiger partial charge in [-0.3, -0.25) is 19.8 Å². The molecule has 300 valence electrons. The maximum absolute atomic E-state index is 11.1. The second kappa shape index (κ2) is 17.5. The summed E-state index contributed by atoms with van der Waals surface area (Å²) in [4.78, 5) is 15.6. The van der Waals surface area contributed by atoms with Gasteiger partial charge in [-0.25, -0.2) is 0 Å². The van der Waals surface area contributed by atoms with Gasteiger partial charge in [0, 0.05) is 54.3 Å². The second-order valence-corrected chi connectivity index (χ2v) is 19.1. The summed E-state index contributed by atoms with van der Waals surface area (Å²) in [5.74, 6) is 1.15. The monoisotopic (exact) mass is 768 g/mol. The van der Waals surface area contributed by atoms with Gasteiger partial charge in [0.1, 0.15) is 11.5 Å². The number of aromatic hydroxyl groups is 2. The average Bonchev–Trinajstić information content (AvgIpc) is 3.79. The van der Waals surface area contributed by atoms with Crippen molar-refractivity contribution < 1.29 is 22.6 Å². The van der Waals surface area contributed by atoms with Crippen molar-refractivity contribution in [2.45, 2.75) is 168 Å². The summed E-state index contributed by atoms with van der Waals surface area (Å²) >= 11 is 0. The lowest BCUT2D eigenvalue weighted by molar-refractivity contribution is -0.0000147. The van der Waals surface area contributed by atoms with Gasteiger partial charge >= 0.3 is 0 Å². The number of rotatable bonds is 10. The fourth-order valence-electron chi connectivity index (χ4n) is 9.30. The van der Waals surface area contributed by atoms with E-state index >= 15 is 0 Å². The lowest BCUT2D eigenvalue weighted by Crippen LogP contribution is -3.00. The van der Waals surface area contributed by atoms with Crippen molar-refractivity contribution in [3.8, 4) is 11.5 Å². The highest BCUT2D eigenvalue weighted by Gasteiger charge is 2.55. The number of halogens is 1. The van der Waals surface area contributed by atoms with Crippen molar-refractivity contribution in [2.24, 2.45) is 15.9 Å². The van der Waals surface area contributed by atoms with E-state index in [-0.39, 0.29) is 34.7 Å². The Hall–Kier alpha value is -3.19. The first-order chi connectivity index (χ1) is 25.5. The van der Waals surface area contributed by atoms with E-state index in [1.54, 1.807) is 12.4 Å². The zero-order chi connectivity index (χ0) is 38.9. The summed E-state index contributed by atoms with van der Waals surface area (Å²) < 4.78 is 0. The van der Waals surface area contributed by atoms with Gasteiger partial charge in [0.15, 0.2) is 0 Å². The minimum absolute atomic E-state index is 0. The molecule has 2 N–H and O–H groups in total. The fraction of sp³-hybridized carbons (Fsp3) is 0.583. The molecule has 7 heteroatoms. The Bertz CT molecular complexity index is 1820. The number of nitrogens with zero attached hydrogens (tertiary/aromatic N) is 4. The first kappa shape index (κ1) is 42.9. The van der Waals surface area contributed by atoms with Gasteiger partial charge < -0.3 is 22.6 Å². The van der Waals surface area contributed by atoms with Crippen molar-refractivity contribution in [3.05, 3.63) is 81.4 Å². The van der Waals surface area contributed by atoms with Gasteiger partial charge in [-0.2, -0.15) is 0 Å². The normalized spacial score (nSPS) is 21.6. The fourth-order valence-corrected chi connectivity index (χ4v) is 9.30. The van der Waals surface area contributed by atoms with E-state index in [1.807, 2.05) is 26.0 Å². The highest BCUT2D eigenvalue weighted by atomic mass is 35.5. The zero-order valence-electron chi connectivity index (χ0n) is 35.4. The Morgan fingerprint density at radius 3 is 1.56 bits per heavy atom. The average molecular weight is 769 g/mol. The Labute approximate surface area is 339 Å². The molecule has 55 heavy (non-hydrogen) atoms. The van der Waals surface area contributed by atoms with E-state index < -0.39 is 0 Å². The van der Waals surface area contributed by atoms with Crippen LogP contribution in [0.2, 0.25) is 0 Å². The predicted molar refractivity (Wildman–Crippen MR) is 228 cm³/mol. The molecule has 3 fully saturated rings. The topological polar surface area (TPSA) is 71.7 Å². The van der Waals surface area contributed by atoms with Crippen molar-refractivity contribution >= 4 is 23.8 Å². The molecule has 3 aromatic carbocycles. The Morgan fingerprint density at radius 2 is 1.11 bits per heavy atom. The number of aliphatic imine (C=N–C) groups is 2. The Morgan fingerprint density at radius 1 is 0.655 bits per heavy atom. The molecule has 3 unspecified atom stereocenters. The highest BCUT2D eigenvalue weighted by Crippen LogP contribution is 2.46. The van der Waals surface area contributed by atoms with Gasteiger partial charge in [-0.1, -0.05) is 105 Å². The molecule has 0 aromatic heterocycles. The van der Waals surface area contributed by atoms with Crippen LogP contribution in [0.1, 0.15) is 152 Å². The number of hydrogen-bond acceptors (Lipinski definition) is 6. The molecule has 0 bridgehead atoms. The van der Waals surface area contributed by atoms with Crippen LogP contribution in [-0.2, 0) is 17.4 Å². The largest absolute Gasteiger partial charge is 1.00 e. The second-order valence-electron chi connectivity index (χ2n) is 19.1. The molecular weight excluding hydrogens is 700 g/mol. The molecule has 0 aliphatic heterocycles. The number of phenolic OH excluding ortho intramolecular Hbond substituents is 2. The third-order valence-corrected chi connectivity index (χ3v) is 12.7. The zero-order valence-corrected chi connectivity index (χ0v) is 36.2. The van der Waals surface area contributed by atoms with Gasteiger partial charge in [0.05, 0.1) is 11.4 Å². The molecule has 0 amide bonds. The van der Waals surface area contributed by atoms with E-state index in [4.69, 9.17) is 9.98 Å². The molecule has 6 rings (SSSR count). The van der Waals surface area contributed by atoms with Crippen LogP contribution < -0.4 is 12.4 Å². The summed E-state index contributed by atoms with van der Waals surface area (Å²) in [5, 5.41) is 22.1. The first-order valence-corrected chi connectivity index (χ1v) is 20.9. The molecule has 3 aromatic rings. The molecule has 0 spiro atoms. The van der Waals surface area contributed by atoms with Crippen LogP contribution in [0.15, 0.2) is 52.4 Å². The van der Waals surface area contributed by atoms with E-state index in [9.17, 15) is 10.2 Å². The molecule has 3 atom stereocenters. The predicted octanol–water partition coefficient (Wildman–Crippen LogP) is 8.60. The maximum atomic E-state index is 11.1. The number of likely N-dealkylation sites (N-methyl/N-ethyl adjacent to an activating group) is 1. The molecular formula is C48H68ClN4O2-. The van der Waals surface area contributed by atoms with Crippen LogP contribution in [0.5, 0.6) is 11.5 Å². The summed E-state index contributed by atoms with van der Waals surface area (Å²) in [6, 6.07) is 17.3. The van der Waals surface area contributed by atoms with E-state index in [1.165, 1.54) is 69.8 Å². The standard InChI is InChI=1S/C48H68N4O2.ClH/c1-31-23-37(47(4,5)6)26-35(45(31)53)28-49-41-22-21-34(25-42(41)50-29-36-27-38(48(7,8)9)24-32(2)46(36)54)30-51(10)43-33(3)44(43)52(39-17-13-11-14-18-39)40-19-15-12-16-20-40;/h21-29,33,39-40,43-44,53-54H,11-20,30H2,1-10H3;1H/p-1. The van der Waals surface area contributed by atoms with Crippen molar-refractivity contribution in [1.29, 1.82) is 0 Å². The molecule has 0 radical (unpaired) electrons. The summed E-state index contributed by atoms with van der Waals surface area (Å²) in [6.07, 6.45) is 17.3. The van der Waals surface area contributed by atoms with Crippen molar-refractivity contribution in [1.82, 2.24) is 9.80 Å². The van der Waals surface area contributed by atoms with Crippen molar-refractivity contribution in [3.63, 3.8) is 0 Å². The Kier molecular flexibility index (Phi) is 13.7.